The third kappa shape index (κ3) is 3.14. The zero-order chi connectivity index (χ0) is 13.8. The maximum absolute atomic E-state index is 12.2. The number of carboxylic acids is 1. The number of hydrogen-bond donors (Lipinski definition) is 1. The van der Waals surface area contributed by atoms with Crippen LogP contribution in [0, 0.1) is 0 Å². The second-order valence-corrected chi connectivity index (χ2v) is 4.18. The van der Waals surface area contributed by atoms with Gasteiger partial charge in [0.2, 0.25) is 0 Å². The molecule has 2 rings (SSSR count). The molecule has 1 heterocycles. The van der Waals surface area contributed by atoms with E-state index in [2.05, 4.69) is 0 Å². The van der Waals surface area contributed by atoms with Crippen LogP contribution in [0.2, 0.25) is 5.02 Å². The van der Waals surface area contributed by atoms with Crippen LogP contribution in [0.1, 0.15) is 10.6 Å². The molecule has 0 radical (unpaired) electrons. The van der Waals surface area contributed by atoms with Crippen LogP contribution >= 0.6 is 11.6 Å². The van der Waals surface area contributed by atoms with Gasteiger partial charge in [0.1, 0.15) is 6.54 Å². The Morgan fingerprint density at radius 1 is 1.21 bits per heavy atom. The van der Waals surface area contributed by atoms with E-state index in [1.807, 2.05) is 0 Å². The lowest BCUT2D eigenvalue weighted by Gasteiger charge is -2.19. The van der Waals surface area contributed by atoms with E-state index in [0.717, 1.165) is 4.90 Å². The average Bonchev–Trinajstić information content (AvgIpc) is 2.90. The first-order valence-corrected chi connectivity index (χ1v) is 5.78. The van der Waals surface area contributed by atoms with E-state index in [1.54, 1.807) is 30.3 Å². The predicted molar refractivity (Wildman–Crippen MR) is 69.5 cm³/mol. The Kier molecular flexibility index (Phi) is 3.87. The van der Waals surface area contributed by atoms with Gasteiger partial charge in [0.15, 0.2) is 5.76 Å². The van der Waals surface area contributed by atoms with Crippen molar-refractivity contribution in [3.63, 3.8) is 0 Å². The molecule has 0 bridgehead atoms. The molecule has 0 unspecified atom stereocenters. The van der Waals surface area contributed by atoms with Crippen LogP contribution in [0.25, 0.3) is 0 Å². The van der Waals surface area contributed by atoms with E-state index < -0.39 is 18.4 Å². The summed E-state index contributed by atoms with van der Waals surface area (Å²) in [5.74, 6) is -1.55. The minimum Gasteiger partial charge on any atom is -0.480 e. The Balaban J connectivity index is 2.33. The second-order valence-electron chi connectivity index (χ2n) is 3.74. The first kappa shape index (κ1) is 13.2. The Labute approximate surface area is 114 Å². The number of halogens is 1. The van der Waals surface area contributed by atoms with Crippen molar-refractivity contribution >= 4 is 29.2 Å². The summed E-state index contributed by atoms with van der Waals surface area (Å²) in [6.45, 7) is -0.457. The minimum absolute atomic E-state index is 0.0798. The number of carbonyl (C=O) groups excluding carboxylic acids is 1. The van der Waals surface area contributed by atoms with E-state index in [0.29, 0.717) is 10.7 Å². The maximum atomic E-state index is 12.2. The molecule has 6 heteroatoms. The molecule has 0 aliphatic heterocycles. The van der Waals surface area contributed by atoms with Crippen LogP contribution in [0.5, 0.6) is 0 Å². The topological polar surface area (TPSA) is 70.8 Å². The van der Waals surface area contributed by atoms with Crippen LogP contribution in [0.15, 0.2) is 47.1 Å². The summed E-state index contributed by atoms with van der Waals surface area (Å²) in [5, 5.41) is 9.40. The van der Waals surface area contributed by atoms with Crippen LogP contribution < -0.4 is 4.90 Å². The third-order valence-corrected chi connectivity index (χ3v) is 2.66. The quantitative estimate of drug-likeness (QED) is 0.934. The fourth-order valence-corrected chi connectivity index (χ4v) is 1.70. The van der Waals surface area contributed by atoms with Gasteiger partial charge in [0.05, 0.1) is 6.26 Å². The maximum Gasteiger partial charge on any atom is 0.323 e. The molecule has 98 valence electrons. The summed E-state index contributed by atoms with van der Waals surface area (Å²) in [6, 6.07) is 9.36. The molecule has 0 spiro atoms. The fourth-order valence-electron chi connectivity index (χ4n) is 1.57. The molecule has 5 nitrogen and oxygen atoms in total. The van der Waals surface area contributed by atoms with Crippen molar-refractivity contribution in [2.75, 3.05) is 11.4 Å². The van der Waals surface area contributed by atoms with Crippen molar-refractivity contribution < 1.29 is 19.1 Å². The predicted octanol–water partition coefficient (Wildman–Crippen LogP) is 2.66. The number of furan rings is 1. The highest BCUT2D eigenvalue weighted by Gasteiger charge is 2.22. The van der Waals surface area contributed by atoms with Gasteiger partial charge in [-0.1, -0.05) is 11.6 Å². The molecule has 0 fully saturated rings. The summed E-state index contributed by atoms with van der Waals surface area (Å²) in [4.78, 5) is 24.1. The third-order valence-electron chi connectivity index (χ3n) is 2.41. The van der Waals surface area contributed by atoms with Crippen LogP contribution in [0.3, 0.4) is 0 Å². The highest BCUT2D eigenvalue weighted by molar-refractivity contribution is 6.30. The highest BCUT2D eigenvalue weighted by atomic mass is 35.5. The zero-order valence-electron chi connectivity index (χ0n) is 9.75. The summed E-state index contributed by atoms with van der Waals surface area (Å²) >= 11 is 5.76. The Morgan fingerprint density at radius 3 is 2.42 bits per heavy atom. The molecule has 0 saturated carbocycles. The number of carbonyl (C=O) groups is 2. The SMILES string of the molecule is O=C(O)CN(C(=O)c1ccco1)c1ccc(Cl)cc1. The number of aliphatic carboxylic acids is 1. The van der Waals surface area contributed by atoms with Gasteiger partial charge in [0, 0.05) is 10.7 Å². The smallest absolute Gasteiger partial charge is 0.323 e. The molecule has 0 aliphatic rings. The minimum atomic E-state index is -1.12. The summed E-state index contributed by atoms with van der Waals surface area (Å²) in [5.41, 5.74) is 0.438. The van der Waals surface area contributed by atoms with Crippen molar-refractivity contribution in [1.29, 1.82) is 0 Å². The van der Waals surface area contributed by atoms with Crippen molar-refractivity contribution in [3.05, 3.63) is 53.4 Å². The monoisotopic (exact) mass is 279 g/mol. The molecule has 0 aliphatic carbocycles. The van der Waals surface area contributed by atoms with Crippen LogP contribution in [-0.2, 0) is 4.79 Å². The number of nitrogens with zero attached hydrogens (tertiary/aromatic N) is 1. The van der Waals surface area contributed by atoms with E-state index in [1.165, 1.54) is 12.3 Å². The normalized spacial score (nSPS) is 10.2. The van der Waals surface area contributed by atoms with Gasteiger partial charge in [-0.05, 0) is 36.4 Å². The highest BCUT2D eigenvalue weighted by Crippen LogP contribution is 2.20. The summed E-state index contributed by atoms with van der Waals surface area (Å²) in [7, 11) is 0. The van der Waals surface area contributed by atoms with Gasteiger partial charge in [-0.25, -0.2) is 0 Å². The lowest BCUT2D eigenvalue weighted by atomic mass is 10.2. The van der Waals surface area contributed by atoms with Gasteiger partial charge in [-0.3, -0.25) is 14.5 Å². The molecule has 1 amide bonds. The summed E-state index contributed by atoms with van der Waals surface area (Å²) < 4.78 is 4.99. The first-order chi connectivity index (χ1) is 9.08. The number of carboxylic acid groups (broad SMARTS) is 1. The average molecular weight is 280 g/mol. The fraction of sp³-hybridized carbons (Fsp3) is 0.0769. The van der Waals surface area contributed by atoms with Gasteiger partial charge in [-0.15, -0.1) is 0 Å². The zero-order valence-corrected chi connectivity index (χ0v) is 10.5. The van der Waals surface area contributed by atoms with Crippen molar-refractivity contribution in [2.24, 2.45) is 0 Å². The number of rotatable bonds is 4. The molecular weight excluding hydrogens is 270 g/mol. The van der Waals surface area contributed by atoms with E-state index in [9.17, 15) is 9.59 Å². The van der Waals surface area contributed by atoms with Crippen molar-refractivity contribution in [1.82, 2.24) is 0 Å². The van der Waals surface area contributed by atoms with Gasteiger partial charge >= 0.3 is 5.97 Å². The Morgan fingerprint density at radius 2 is 1.89 bits per heavy atom. The standard InChI is InChI=1S/C13H10ClNO4/c14-9-3-5-10(6-4-9)15(8-12(16)17)13(18)11-2-1-7-19-11/h1-7H,8H2,(H,16,17). The first-order valence-electron chi connectivity index (χ1n) is 5.40. The lowest BCUT2D eigenvalue weighted by Crippen LogP contribution is -2.35. The van der Waals surface area contributed by atoms with Crippen molar-refractivity contribution in [2.45, 2.75) is 0 Å². The molecule has 2 aromatic rings. The molecule has 1 N–H and O–H groups in total. The van der Waals surface area contributed by atoms with E-state index in [-0.39, 0.29) is 5.76 Å². The molecule has 0 atom stereocenters. The summed E-state index contributed by atoms with van der Waals surface area (Å²) in [6.07, 6.45) is 1.36. The molecule has 19 heavy (non-hydrogen) atoms. The molecule has 0 saturated heterocycles. The number of amides is 1. The van der Waals surface area contributed by atoms with Gasteiger partial charge in [-0.2, -0.15) is 0 Å². The van der Waals surface area contributed by atoms with Crippen LogP contribution in [-0.4, -0.2) is 23.5 Å². The van der Waals surface area contributed by atoms with E-state index in [4.69, 9.17) is 21.1 Å². The second kappa shape index (κ2) is 5.58. The molecule has 1 aromatic carbocycles. The van der Waals surface area contributed by atoms with Crippen LogP contribution in [0.4, 0.5) is 5.69 Å². The number of anilines is 1. The van der Waals surface area contributed by atoms with Crippen molar-refractivity contribution in [3.8, 4) is 0 Å². The Hall–Kier alpha value is -2.27. The number of benzene rings is 1. The molecular formula is C13H10ClNO4. The largest absolute Gasteiger partial charge is 0.480 e. The van der Waals surface area contributed by atoms with E-state index >= 15 is 0 Å². The molecule has 1 aromatic heterocycles. The Bertz CT molecular complexity index is 577. The lowest BCUT2D eigenvalue weighted by molar-refractivity contribution is -0.135. The van der Waals surface area contributed by atoms with Gasteiger partial charge < -0.3 is 9.52 Å². The van der Waals surface area contributed by atoms with Gasteiger partial charge in [0.25, 0.3) is 5.91 Å². The number of hydrogen-bond acceptors (Lipinski definition) is 3.